The minimum Gasteiger partial charge on any atom is -0.478 e. The van der Waals surface area contributed by atoms with Crippen molar-refractivity contribution in [3.8, 4) is 5.82 Å². The van der Waals surface area contributed by atoms with E-state index in [2.05, 4.69) is 10.1 Å². The Kier molecular flexibility index (Phi) is 3.46. The highest BCUT2D eigenvalue weighted by Crippen LogP contribution is 2.15. The predicted octanol–water partition coefficient (Wildman–Crippen LogP) is 2.29. The number of hydrogen-bond acceptors (Lipinski definition) is 3. The molecule has 0 aliphatic carbocycles. The molecule has 0 radical (unpaired) electrons. The van der Waals surface area contributed by atoms with Gasteiger partial charge in [-0.3, -0.25) is 0 Å². The van der Waals surface area contributed by atoms with Crippen molar-refractivity contribution < 1.29 is 9.90 Å². The van der Waals surface area contributed by atoms with E-state index < -0.39 is 5.97 Å². The van der Waals surface area contributed by atoms with Gasteiger partial charge in [0.1, 0.15) is 0 Å². The van der Waals surface area contributed by atoms with Gasteiger partial charge in [0.25, 0.3) is 0 Å². The Morgan fingerprint density at radius 3 is 2.58 bits per heavy atom. The van der Waals surface area contributed by atoms with E-state index in [-0.39, 0.29) is 0 Å². The highest BCUT2D eigenvalue weighted by Gasteiger charge is 2.08. The van der Waals surface area contributed by atoms with Crippen LogP contribution in [0.2, 0.25) is 0 Å². The molecule has 2 aromatic heterocycles. The molecule has 0 amide bonds. The molecule has 5 nitrogen and oxygen atoms in total. The first-order valence-electron chi connectivity index (χ1n) is 5.88. The van der Waals surface area contributed by atoms with Gasteiger partial charge in [-0.15, -0.1) is 0 Å². The fraction of sp³-hybridized carbons (Fsp3) is 0.214. The topological polar surface area (TPSA) is 68.0 Å². The molecule has 2 aromatic rings. The smallest absolute Gasteiger partial charge is 0.328 e. The standard InChI is InChI=1S/C14H15N3O2/c1-9-6-12(4-5-13(18)19)8-15-14(9)17-11(3)7-10(2)16-17/h4-8H,1-3H3,(H,18,19)/b5-4+. The van der Waals surface area contributed by atoms with Crippen LogP contribution in [-0.2, 0) is 4.79 Å². The van der Waals surface area contributed by atoms with E-state index in [0.717, 1.165) is 34.4 Å². The number of rotatable bonds is 3. The largest absolute Gasteiger partial charge is 0.478 e. The summed E-state index contributed by atoms with van der Waals surface area (Å²) in [6.45, 7) is 5.83. The van der Waals surface area contributed by atoms with Crippen molar-refractivity contribution in [1.29, 1.82) is 0 Å². The van der Waals surface area contributed by atoms with Crippen molar-refractivity contribution >= 4 is 12.0 Å². The molecule has 0 unspecified atom stereocenters. The maximum Gasteiger partial charge on any atom is 0.328 e. The van der Waals surface area contributed by atoms with Gasteiger partial charge in [0, 0.05) is 18.0 Å². The van der Waals surface area contributed by atoms with Gasteiger partial charge in [-0.25, -0.2) is 14.5 Å². The van der Waals surface area contributed by atoms with Gasteiger partial charge in [-0.2, -0.15) is 5.10 Å². The van der Waals surface area contributed by atoms with Crippen molar-refractivity contribution in [1.82, 2.24) is 14.8 Å². The average Bonchev–Trinajstić information content (AvgIpc) is 2.66. The molecule has 0 spiro atoms. The second-order valence-corrected chi connectivity index (χ2v) is 4.42. The summed E-state index contributed by atoms with van der Waals surface area (Å²) in [5.74, 6) is -0.210. The van der Waals surface area contributed by atoms with Crippen LogP contribution >= 0.6 is 0 Å². The fourth-order valence-corrected chi connectivity index (χ4v) is 1.91. The first kappa shape index (κ1) is 13.0. The van der Waals surface area contributed by atoms with Crippen LogP contribution in [0.15, 0.2) is 24.4 Å². The van der Waals surface area contributed by atoms with Crippen LogP contribution in [0, 0.1) is 20.8 Å². The van der Waals surface area contributed by atoms with E-state index >= 15 is 0 Å². The molecule has 2 rings (SSSR count). The molecule has 0 aromatic carbocycles. The zero-order valence-electron chi connectivity index (χ0n) is 11.1. The van der Waals surface area contributed by atoms with Crippen molar-refractivity contribution in [3.63, 3.8) is 0 Å². The molecular weight excluding hydrogens is 242 g/mol. The maximum absolute atomic E-state index is 10.5. The number of hydrogen-bond donors (Lipinski definition) is 1. The molecule has 0 fully saturated rings. The van der Waals surface area contributed by atoms with Crippen LogP contribution in [0.25, 0.3) is 11.9 Å². The highest BCUT2D eigenvalue weighted by atomic mass is 16.4. The highest BCUT2D eigenvalue weighted by molar-refractivity contribution is 5.85. The third kappa shape index (κ3) is 2.88. The zero-order valence-corrected chi connectivity index (χ0v) is 11.1. The van der Waals surface area contributed by atoms with Gasteiger partial charge in [0.05, 0.1) is 5.69 Å². The van der Waals surface area contributed by atoms with Crippen LogP contribution in [0.3, 0.4) is 0 Å². The summed E-state index contributed by atoms with van der Waals surface area (Å²) >= 11 is 0. The molecule has 0 atom stereocenters. The number of carboxylic acid groups (broad SMARTS) is 1. The number of aliphatic carboxylic acids is 1. The summed E-state index contributed by atoms with van der Waals surface area (Å²) in [6.07, 6.45) is 4.25. The number of pyridine rings is 1. The Balaban J connectivity index is 2.40. The second-order valence-electron chi connectivity index (χ2n) is 4.42. The summed E-state index contributed by atoms with van der Waals surface area (Å²) < 4.78 is 1.79. The molecule has 1 N–H and O–H groups in total. The van der Waals surface area contributed by atoms with Gasteiger partial charge in [-0.1, -0.05) is 0 Å². The van der Waals surface area contributed by atoms with Crippen molar-refractivity contribution in [2.45, 2.75) is 20.8 Å². The molecule has 0 saturated heterocycles. The summed E-state index contributed by atoms with van der Waals surface area (Å²) in [7, 11) is 0. The summed E-state index contributed by atoms with van der Waals surface area (Å²) in [4.78, 5) is 14.8. The lowest BCUT2D eigenvalue weighted by Gasteiger charge is -2.07. The molecule has 2 heterocycles. The van der Waals surface area contributed by atoms with Crippen molar-refractivity contribution in [2.24, 2.45) is 0 Å². The normalized spacial score (nSPS) is 11.1. The van der Waals surface area contributed by atoms with Crippen LogP contribution in [-0.4, -0.2) is 25.8 Å². The number of carboxylic acids is 1. The molecular formula is C14H15N3O2. The van der Waals surface area contributed by atoms with E-state index in [9.17, 15) is 4.79 Å². The van der Waals surface area contributed by atoms with Gasteiger partial charge >= 0.3 is 5.97 Å². The molecule has 0 bridgehead atoms. The van der Waals surface area contributed by atoms with Crippen LogP contribution in [0.1, 0.15) is 22.5 Å². The molecule has 98 valence electrons. The van der Waals surface area contributed by atoms with E-state index in [4.69, 9.17) is 5.11 Å². The minimum atomic E-state index is -0.972. The molecule has 0 aliphatic rings. The van der Waals surface area contributed by atoms with Crippen LogP contribution in [0.4, 0.5) is 0 Å². The predicted molar refractivity (Wildman–Crippen MR) is 72.2 cm³/mol. The number of aromatic nitrogens is 3. The second kappa shape index (κ2) is 5.06. The van der Waals surface area contributed by atoms with Crippen LogP contribution < -0.4 is 0 Å². The SMILES string of the molecule is Cc1cc(C)n(-c2ncc(/C=C/C(=O)O)cc2C)n1. The van der Waals surface area contributed by atoms with Gasteiger partial charge in [0.2, 0.25) is 0 Å². The lowest BCUT2D eigenvalue weighted by molar-refractivity contribution is -0.131. The number of carbonyl (C=O) groups is 1. The first-order valence-corrected chi connectivity index (χ1v) is 5.88. The first-order chi connectivity index (χ1) is 8.97. The summed E-state index contributed by atoms with van der Waals surface area (Å²) in [5.41, 5.74) is 3.65. The molecule has 5 heteroatoms. The summed E-state index contributed by atoms with van der Waals surface area (Å²) in [5, 5.41) is 13.0. The molecule has 0 saturated carbocycles. The monoisotopic (exact) mass is 257 g/mol. The van der Waals surface area contributed by atoms with Crippen molar-refractivity contribution in [3.05, 3.63) is 46.9 Å². The third-order valence-electron chi connectivity index (χ3n) is 2.70. The molecule has 19 heavy (non-hydrogen) atoms. The fourth-order valence-electron chi connectivity index (χ4n) is 1.91. The minimum absolute atomic E-state index is 0.755. The molecule has 0 aliphatic heterocycles. The quantitative estimate of drug-likeness (QED) is 0.856. The zero-order chi connectivity index (χ0) is 14.0. The Bertz CT molecular complexity index is 657. The number of nitrogens with zero attached hydrogens (tertiary/aromatic N) is 3. The lowest BCUT2D eigenvalue weighted by Crippen LogP contribution is -2.04. The van der Waals surface area contributed by atoms with E-state index in [1.807, 2.05) is 32.9 Å². The lowest BCUT2D eigenvalue weighted by atomic mass is 10.2. The Morgan fingerprint density at radius 2 is 2.05 bits per heavy atom. The summed E-state index contributed by atoms with van der Waals surface area (Å²) in [6, 6.07) is 3.87. The van der Waals surface area contributed by atoms with Gasteiger partial charge in [-0.05, 0) is 50.1 Å². The van der Waals surface area contributed by atoms with Crippen molar-refractivity contribution in [2.75, 3.05) is 0 Å². The number of aryl methyl sites for hydroxylation is 3. The van der Waals surface area contributed by atoms with Crippen LogP contribution in [0.5, 0.6) is 0 Å². The van der Waals surface area contributed by atoms with E-state index in [1.165, 1.54) is 6.08 Å². The van der Waals surface area contributed by atoms with Gasteiger partial charge in [0.15, 0.2) is 5.82 Å². The Hall–Kier alpha value is -2.43. The van der Waals surface area contributed by atoms with E-state index in [0.29, 0.717) is 0 Å². The maximum atomic E-state index is 10.5. The Labute approximate surface area is 111 Å². The average molecular weight is 257 g/mol. The third-order valence-corrected chi connectivity index (χ3v) is 2.70. The Morgan fingerprint density at radius 1 is 1.32 bits per heavy atom. The van der Waals surface area contributed by atoms with E-state index in [1.54, 1.807) is 10.9 Å². The van der Waals surface area contributed by atoms with Gasteiger partial charge < -0.3 is 5.11 Å².